The van der Waals surface area contributed by atoms with Gasteiger partial charge in [0.25, 0.3) is 0 Å². The lowest BCUT2D eigenvalue weighted by molar-refractivity contribution is 1.29. The number of hydrogen-bond acceptors (Lipinski definition) is 4. The van der Waals surface area contributed by atoms with Crippen molar-refractivity contribution >= 4 is 71.2 Å². The zero-order valence-corrected chi connectivity index (χ0v) is 30.9. The summed E-state index contributed by atoms with van der Waals surface area (Å²) >= 11 is 0. The van der Waals surface area contributed by atoms with Gasteiger partial charge in [-0.15, -0.1) is 0 Å². The van der Waals surface area contributed by atoms with Crippen molar-refractivity contribution < 1.29 is 0 Å². The van der Waals surface area contributed by atoms with Crippen LogP contribution in [0.1, 0.15) is 0 Å². The zero-order chi connectivity index (χ0) is 37.7. The molecule has 8 aromatic carbocycles. The SMILES string of the molecule is c1ccc(-c2cc(-c3ccc(N(c4ccc5cc(-c6cc7ccccc7cn6)ccc5c4)c4ccc5c(ccc6ccccc65)c4)cc3)nc3cccnc23)cc1. The molecular weight excluding hydrogens is 693 g/mol. The summed E-state index contributed by atoms with van der Waals surface area (Å²) in [6.07, 6.45) is 3.80. The third kappa shape index (κ3) is 5.92. The number of benzene rings is 8. The first-order chi connectivity index (χ1) is 28.2. The summed E-state index contributed by atoms with van der Waals surface area (Å²) in [7, 11) is 0. The van der Waals surface area contributed by atoms with Crippen molar-refractivity contribution in [2.75, 3.05) is 4.90 Å². The Morgan fingerprint density at radius 2 is 0.982 bits per heavy atom. The van der Waals surface area contributed by atoms with E-state index in [4.69, 9.17) is 15.0 Å². The number of nitrogens with zero attached hydrogens (tertiary/aromatic N) is 4. The van der Waals surface area contributed by atoms with Gasteiger partial charge in [-0.2, -0.15) is 0 Å². The maximum atomic E-state index is 5.08. The fraction of sp³-hybridized carbons (Fsp3) is 0. The Balaban J connectivity index is 1.02. The molecule has 4 nitrogen and oxygen atoms in total. The molecule has 0 N–H and O–H groups in total. The molecule has 4 heteroatoms. The van der Waals surface area contributed by atoms with E-state index in [-0.39, 0.29) is 0 Å². The fourth-order valence-electron chi connectivity index (χ4n) is 8.19. The molecule has 0 spiro atoms. The average Bonchev–Trinajstić information content (AvgIpc) is 3.28. The summed E-state index contributed by atoms with van der Waals surface area (Å²) in [5.41, 5.74) is 11.2. The van der Waals surface area contributed by atoms with Gasteiger partial charge in [0.1, 0.15) is 0 Å². The number of pyridine rings is 3. The van der Waals surface area contributed by atoms with Crippen LogP contribution >= 0.6 is 0 Å². The summed E-state index contributed by atoms with van der Waals surface area (Å²) in [5.74, 6) is 0. The van der Waals surface area contributed by atoms with Crippen LogP contribution in [0.25, 0.3) is 87.8 Å². The van der Waals surface area contributed by atoms with Crippen LogP contribution in [0.3, 0.4) is 0 Å². The Labute approximate surface area is 330 Å². The van der Waals surface area contributed by atoms with Crippen LogP contribution in [-0.4, -0.2) is 15.0 Å². The van der Waals surface area contributed by atoms with E-state index in [0.717, 1.165) is 77.9 Å². The first-order valence-electron chi connectivity index (χ1n) is 19.2. The van der Waals surface area contributed by atoms with E-state index in [2.05, 4.69) is 181 Å². The van der Waals surface area contributed by atoms with E-state index in [0.29, 0.717) is 0 Å². The van der Waals surface area contributed by atoms with Crippen LogP contribution < -0.4 is 4.90 Å². The van der Waals surface area contributed by atoms with Crippen LogP contribution in [0, 0.1) is 0 Å². The van der Waals surface area contributed by atoms with Gasteiger partial charge in [-0.05, 0) is 110 Å². The van der Waals surface area contributed by atoms with E-state index < -0.39 is 0 Å². The standard InChI is InChI=1S/C53H34N4/c1-2-9-35(10-3-1)49-33-52(56-50-15-8-28-54-53(49)50)37-20-23-44(24-21-37)57(46-26-27-48-41(31-46)18-16-36-11-6-7-14-47(36)48)45-25-22-39-29-42(19-17-40(39)30-45)51-32-38-12-4-5-13-43(38)34-55-51/h1-34H. The summed E-state index contributed by atoms with van der Waals surface area (Å²) in [5, 5.41) is 9.59. The van der Waals surface area contributed by atoms with Gasteiger partial charge in [0, 0.05) is 51.5 Å². The minimum Gasteiger partial charge on any atom is -0.310 e. The first-order valence-corrected chi connectivity index (χ1v) is 19.2. The van der Waals surface area contributed by atoms with Gasteiger partial charge in [-0.3, -0.25) is 9.97 Å². The molecule has 3 aromatic heterocycles. The lowest BCUT2D eigenvalue weighted by Crippen LogP contribution is -2.10. The fourth-order valence-corrected chi connectivity index (χ4v) is 8.19. The number of anilines is 3. The van der Waals surface area contributed by atoms with Crippen LogP contribution in [0.5, 0.6) is 0 Å². The Bertz CT molecular complexity index is 3300. The minimum atomic E-state index is 0.874. The van der Waals surface area contributed by atoms with Crippen LogP contribution in [0.4, 0.5) is 17.1 Å². The second-order valence-corrected chi connectivity index (χ2v) is 14.5. The Morgan fingerprint density at radius 3 is 1.86 bits per heavy atom. The Hall–Kier alpha value is -7.69. The van der Waals surface area contributed by atoms with E-state index >= 15 is 0 Å². The third-order valence-corrected chi connectivity index (χ3v) is 11.1. The van der Waals surface area contributed by atoms with Crippen LogP contribution in [0.15, 0.2) is 207 Å². The van der Waals surface area contributed by atoms with Gasteiger partial charge in [0.2, 0.25) is 0 Å². The van der Waals surface area contributed by atoms with Gasteiger partial charge >= 0.3 is 0 Å². The summed E-state index contributed by atoms with van der Waals surface area (Å²) in [6.45, 7) is 0. The highest BCUT2D eigenvalue weighted by Gasteiger charge is 2.17. The molecule has 0 saturated carbocycles. The number of hydrogen-bond donors (Lipinski definition) is 0. The molecule has 0 unspecified atom stereocenters. The van der Waals surface area contributed by atoms with Crippen molar-refractivity contribution in [3.63, 3.8) is 0 Å². The molecule has 11 aromatic rings. The maximum Gasteiger partial charge on any atom is 0.0965 e. The largest absolute Gasteiger partial charge is 0.310 e. The molecule has 0 aliphatic carbocycles. The van der Waals surface area contributed by atoms with Gasteiger partial charge in [-0.1, -0.05) is 127 Å². The Morgan fingerprint density at radius 1 is 0.351 bits per heavy atom. The first kappa shape index (κ1) is 32.7. The van der Waals surface area contributed by atoms with Crippen molar-refractivity contribution in [1.82, 2.24) is 15.0 Å². The summed E-state index contributed by atoms with van der Waals surface area (Å²) in [4.78, 5) is 16.9. The smallest absolute Gasteiger partial charge is 0.0965 e. The molecule has 0 fully saturated rings. The quantitative estimate of drug-likeness (QED) is 0.160. The van der Waals surface area contributed by atoms with Crippen molar-refractivity contribution in [3.05, 3.63) is 207 Å². The molecule has 0 amide bonds. The van der Waals surface area contributed by atoms with Crippen molar-refractivity contribution in [3.8, 4) is 33.6 Å². The molecule has 266 valence electrons. The molecule has 11 rings (SSSR count). The molecule has 0 aliphatic rings. The van der Waals surface area contributed by atoms with Gasteiger partial charge in [0.05, 0.1) is 22.4 Å². The maximum absolute atomic E-state index is 5.08. The van der Waals surface area contributed by atoms with Crippen LogP contribution in [0.2, 0.25) is 0 Å². The second-order valence-electron chi connectivity index (χ2n) is 14.5. The highest BCUT2D eigenvalue weighted by atomic mass is 15.1. The highest BCUT2D eigenvalue weighted by Crippen LogP contribution is 2.40. The lowest BCUT2D eigenvalue weighted by atomic mass is 10.00. The highest BCUT2D eigenvalue weighted by molar-refractivity contribution is 6.08. The van der Waals surface area contributed by atoms with Gasteiger partial charge in [-0.25, -0.2) is 4.98 Å². The number of fused-ring (bicyclic) bond motifs is 6. The normalized spacial score (nSPS) is 11.5. The molecule has 57 heavy (non-hydrogen) atoms. The lowest BCUT2D eigenvalue weighted by Gasteiger charge is -2.26. The van der Waals surface area contributed by atoms with Crippen LogP contribution in [-0.2, 0) is 0 Å². The monoisotopic (exact) mass is 726 g/mol. The topological polar surface area (TPSA) is 41.9 Å². The molecule has 0 radical (unpaired) electrons. The Kier molecular flexibility index (Phi) is 7.78. The molecule has 0 aliphatic heterocycles. The van der Waals surface area contributed by atoms with E-state index in [1.54, 1.807) is 0 Å². The van der Waals surface area contributed by atoms with E-state index in [1.807, 2.05) is 30.6 Å². The molecule has 0 atom stereocenters. The number of rotatable bonds is 6. The van der Waals surface area contributed by atoms with E-state index in [9.17, 15) is 0 Å². The molecule has 0 saturated heterocycles. The van der Waals surface area contributed by atoms with Gasteiger partial charge < -0.3 is 4.90 Å². The van der Waals surface area contributed by atoms with Crippen molar-refractivity contribution in [2.45, 2.75) is 0 Å². The third-order valence-electron chi connectivity index (χ3n) is 11.1. The second kappa shape index (κ2) is 13.6. The van der Waals surface area contributed by atoms with Gasteiger partial charge in [0.15, 0.2) is 0 Å². The molecular formula is C53H34N4. The summed E-state index contributed by atoms with van der Waals surface area (Å²) < 4.78 is 0. The van der Waals surface area contributed by atoms with E-state index in [1.165, 1.54) is 26.9 Å². The minimum absolute atomic E-state index is 0.874. The molecule has 0 bridgehead atoms. The van der Waals surface area contributed by atoms with Crippen molar-refractivity contribution in [1.29, 1.82) is 0 Å². The predicted molar refractivity (Wildman–Crippen MR) is 238 cm³/mol. The summed E-state index contributed by atoms with van der Waals surface area (Å²) in [6, 6.07) is 69.1. The predicted octanol–water partition coefficient (Wildman–Crippen LogP) is 14.1. The molecule has 3 heterocycles. The zero-order valence-electron chi connectivity index (χ0n) is 30.9. The van der Waals surface area contributed by atoms with Crippen molar-refractivity contribution in [2.24, 2.45) is 0 Å². The number of aromatic nitrogens is 3. The average molecular weight is 727 g/mol.